The Kier molecular flexibility index (Phi) is 3.98. The molecule has 0 bridgehead atoms. The zero-order valence-corrected chi connectivity index (χ0v) is 12.2. The summed E-state index contributed by atoms with van der Waals surface area (Å²) in [6, 6.07) is 16.3. The van der Waals surface area contributed by atoms with E-state index in [2.05, 4.69) is 42.3 Å². The van der Waals surface area contributed by atoms with Gasteiger partial charge in [0, 0.05) is 6.20 Å². The number of pyridine rings is 1. The van der Waals surface area contributed by atoms with Gasteiger partial charge in [0.05, 0.1) is 17.9 Å². The van der Waals surface area contributed by atoms with Crippen LogP contribution in [0.3, 0.4) is 0 Å². The Labute approximate surface area is 125 Å². The molecule has 3 rings (SSSR count). The summed E-state index contributed by atoms with van der Waals surface area (Å²) in [5.41, 5.74) is 3.13. The maximum atomic E-state index is 6.09. The highest BCUT2D eigenvalue weighted by Gasteiger charge is 2.23. The Bertz CT molecular complexity index is 646. The maximum absolute atomic E-state index is 6.09. The third-order valence-corrected chi connectivity index (χ3v) is 3.71. The van der Waals surface area contributed by atoms with Crippen molar-refractivity contribution >= 4 is 5.57 Å². The lowest BCUT2D eigenvalue weighted by Gasteiger charge is -2.28. The average Bonchev–Trinajstić information content (AvgIpc) is 2.56. The minimum absolute atomic E-state index is 0.242. The molecule has 1 aliphatic carbocycles. The van der Waals surface area contributed by atoms with Crippen LogP contribution in [0.2, 0.25) is 0 Å². The first-order valence-corrected chi connectivity index (χ1v) is 7.24. The molecule has 2 aromatic rings. The van der Waals surface area contributed by atoms with Crippen LogP contribution in [0.15, 0.2) is 73.0 Å². The Balaban J connectivity index is 1.64. The largest absolute Gasteiger partial charge is 0.366 e. The van der Waals surface area contributed by atoms with Gasteiger partial charge in [-0.25, -0.2) is 0 Å². The molecule has 106 valence electrons. The number of allylic oxidation sites excluding steroid dienone is 2. The molecule has 0 saturated carbocycles. The smallest absolute Gasteiger partial charge is 0.0876 e. The highest BCUT2D eigenvalue weighted by atomic mass is 16.5. The molecule has 0 N–H and O–H groups in total. The standard InChI is InChI=1S/C19H19NO/c1-19(21-15-16-7-3-2-4-8-16)12-10-17(11-13-19)18-9-5-6-14-20-18/h2-12,14H,13,15H2,1H3. The quantitative estimate of drug-likeness (QED) is 0.826. The predicted octanol–water partition coefficient (Wildman–Crippen LogP) is 4.40. The molecule has 2 nitrogen and oxygen atoms in total. The number of rotatable bonds is 4. The monoisotopic (exact) mass is 277 g/mol. The first kappa shape index (κ1) is 13.8. The molecule has 1 atom stereocenters. The van der Waals surface area contributed by atoms with E-state index < -0.39 is 0 Å². The van der Waals surface area contributed by atoms with Gasteiger partial charge < -0.3 is 4.74 Å². The summed E-state index contributed by atoms with van der Waals surface area (Å²) < 4.78 is 6.09. The van der Waals surface area contributed by atoms with Gasteiger partial charge in [-0.15, -0.1) is 0 Å². The molecule has 0 amide bonds. The molecule has 21 heavy (non-hydrogen) atoms. The van der Waals surface area contributed by atoms with Crippen LogP contribution in [-0.2, 0) is 11.3 Å². The molecule has 0 spiro atoms. The van der Waals surface area contributed by atoms with E-state index in [9.17, 15) is 0 Å². The van der Waals surface area contributed by atoms with E-state index in [0.29, 0.717) is 6.61 Å². The van der Waals surface area contributed by atoms with Gasteiger partial charge in [0.2, 0.25) is 0 Å². The van der Waals surface area contributed by atoms with E-state index in [-0.39, 0.29) is 5.60 Å². The minimum atomic E-state index is -0.242. The third kappa shape index (κ3) is 3.47. The minimum Gasteiger partial charge on any atom is -0.366 e. The number of ether oxygens (including phenoxy) is 1. The number of aromatic nitrogens is 1. The normalized spacial score (nSPS) is 21.1. The summed E-state index contributed by atoms with van der Waals surface area (Å²) >= 11 is 0. The van der Waals surface area contributed by atoms with Crippen LogP contribution in [0.1, 0.15) is 24.6 Å². The van der Waals surface area contributed by atoms with Crippen molar-refractivity contribution in [2.24, 2.45) is 0 Å². The molecule has 2 heteroatoms. The van der Waals surface area contributed by atoms with Crippen molar-refractivity contribution in [3.8, 4) is 0 Å². The van der Waals surface area contributed by atoms with E-state index in [1.54, 1.807) is 0 Å². The highest BCUT2D eigenvalue weighted by Crippen LogP contribution is 2.29. The SMILES string of the molecule is CC1(OCc2ccccc2)C=CC(c2ccccn2)=CC1. The molecule has 0 radical (unpaired) electrons. The van der Waals surface area contributed by atoms with Gasteiger partial charge in [-0.2, -0.15) is 0 Å². The molecule has 1 aliphatic rings. The Morgan fingerprint density at radius 3 is 2.57 bits per heavy atom. The lowest BCUT2D eigenvalue weighted by atomic mass is 9.92. The third-order valence-electron chi connectivity index (χ3n) is 3.71. The van der Waals surface area contributed by atoms with Crippen LogP contribution in [0.4, 0.5) is 0 Å². The van der Waals surface area contributed by atoms with Crippen molar-refractivity contribution in [3.05, 3.63) is 84.2 Å². The van der Waals surface area contributed by atoms with Gasteiger partial charge in [0.1, 0.15) is 0 Å². The van der Waals surface area contributed by atoms with Gasteiger partial charge in [-0.05, 0) is 36.6 Å². The topological polar surface area (TPSA) is 22.1 Å². The second-order valence-corrected chi connectivity index (χ2v) is 5.50. The van der Waals surface area contributed by atoms with E-state index >= 15 is 0 Å². The van der Waals surface area contributed by atoms with Crippen LogP contribution >= 0.6 is 0 Å². The second-order valence-electron chi connectivity index (χ2n) is 5.50. The summed E-state index contributed by atoms with van der Waals surface area (Å²) in [4.78, 5) is 4.38. The molecular formula is C19H19NO. The van der Waals surface area contributed by atoms with Crippen molar-refractivity contribution in [1.29, 1.82) is 0 Å². The van der Waals surface area contributed by atoms with E-state index in [1.165, 1.54) is 5.56 Å². The lowest BCUT2D eigenvalue weighted by molar-refractivity contribution is -0.00503. The maximum Gasteiger partial charge on any atom is 0.0876 e. The summed E-state index contributed by atoms with van der Waals surface area (Å²) in [5, 5.41) is 0. The van der Waals surface area contributed by atoms with Gasteiger partial charge >= 0.3 is 0 Å². The summed E-state index contributed by atoms with van der Waals surface area (Å²) in [5.74, 6) is 0. The molecular weight excluding hydrogens is 258 g/mol. The molecule has 1 unspecified atom stereocenters. The number of benzene rings is 1. The molecule has 1 aromatic heterocycles. The van der Waals surface area contributed by atoms with E-state index in [0.717, 1.165) is 17.7 Å². The number of hydrogen-bond donors (Lipinski definition) is 0. The Hall–Kier alpha value is -2.19. The van der Waals surface area contributed by atoms with Crippen LogP contribution in [0, 0.1) is 0 Å². The van der Waals surface area contributed by atoms with Crippen LogP contribution in [-0.4, -0.2) is 10.6 Å². The van der Waals surface area contributed by atoms with Crippen molar-refractivity contribution in [1.82, 2.24) is 4.98 Å². The van der Waals surface area contributed by atoms with Crippen molar-refractivity contribution in [3.63, 3.8) is 0 Å². The van der Waals surface area contributed by atoms with Gasteiger partial charge in [0.15, 0.2) is 0 Å². The first-order chi connectivity index (χ1) is 10.3. The number of hydrogen-bond acceptors (Lipinski definition) is 2. The molecule has 0 saturated heterocycles. The van der Waals surface area contributed by atoms with E-state index in [1.807, 2.05) is 42.6 Å². The number of nitrogens with zero attached hydrogens (tertiary/aromatic N) is 1. The summed E-state index contributed by atoms with van der Waals surface area (Å²) in [7, 11) is 0. The molecule has 1 heterocycles. The van der Waals surface area contributed by atoms with Gasteiger partial charge in [-0.3, -0.25) is 4.98 Å². The molecule has 0 aliphatic heterocycles. The Morgan fingerprint density at radius 2 is 1.90 bits per heavy atom. The van der Waals surface area contributed by atoms with Crippen molar-refractivity contribution in [2.75, 3.05) is 0 Å². The fourth-order valence-corrected chi connectivity index (χ4v) is 2.37. The molecule has 0 fully saturated rings. The Morgan fingerprint density at radius 1 is 1.10 bits per heavy atom. The van der Waals surface area contributed by atoms with Gasteiger partial charge in [-0.1, -0.05) is 54.6 Å². The fraction of sp³-hybridized carbons (Fsp3) is 0.211. The first-order valence-electron chi connectivity index (χ1n) is 7.24. The molecule has 1 aromatic carbocycles. The van der Waals surface area contributed by atoms with E-state index in [4.69, 9.17) is 4.74 Å². The van der Waals surface area contributed by atoms with Crippen molar-refractivity contribution < 1.29 is 4.74 Å². The fourth-order valence-electron chi connectivity index (χ4n) is 2.37. The van der Waals surface area contributed by atoms with Crippen LogP contribution in [0.25, 0.3) is 5.57 Å². The summed E-state index contributed by atoms with van der Waals surface area (Å²) in [6.07, 6.45) is 9.13. The highest BCUT2D eigenvalue weighted by molar-refractivity contribution is 5.73. The zero-order chi connectivity index (χ0) is 14.5. The van der Waals surface area contributed by atoms with Crippen molar-refractivity contribution in [2.45, 2.75) is 25.6 Å². The van der Waals surface area contributed by atoms with Gasteiger partial charge in [0.25, 0.3) is 0 Å². The predicted molar refractivity (Wildman–Crippen MR) is 85.6 cm³/mol. The lowest BCUT2D eigenvalue weighted by Crippen LogP contribution is -2.26. The van der Waals surface area contributed by atoms with Crippen LogP contribution < -0.4 is 0 Å². The second kappa shape index (κ2) is 6.06. The average molecular weight is 277 g/mol. The van der Waals surface area contributed by atoms with Crippen LogP contribution in [0.5, 0.6) is 0 Å². The zero-order valence-electron chi connectivity index (χ0n) is 12.2. The summed E-state index contributed by atoms with van der Waals surface area (Å²) in [6.45, 7) is 2.76.